The summed E-state index contributed by atoms with van der Waals surface area (Å²) in [7, 11) is 0. The van der Waals surface area contributed by atoms with Crippen molar-refractivity contribution < 1.29 is 14.2 Å². The van der Waals surface area contributed by atoms with Crippen LogP contribution < -0.4 is 4.74 Å². The van der Waals surface area contributed by atoms with Crippen molar-refractivity contribution in [3.8, 4) is 5.75 Å². The predicted molar refractivity (Wildman–Crippen MR) is 57.3 cm³/mol. The summed E-state index contributed by atoms with van der Waals surface area (Å²) in [5.41, 5.74) is 0.283. The summed E-state index contributed by atoms with van der Waals surface area (Å²) in [5.74, 6) is 0.0276. The molecule has 15 heavy (non-hydrogen) atoms. The van der Waals surface area contributed by atoms with E-state index in [4.69, 9.17) is 4.74 Å². The summed E-state index contributed by atoms with van der Waals surface area (Å²) < 4.78 is 18.6. The van der Waals surface area contributed by atoms with Gasteiger partial charge in [0.1, 0.15) is 11.6 Å². The highest BCUT2D eigenvalue weighted by Crippen LogP contribution is 2.21. The molecule has 0 saturated carbocycles. The monoisotopic (exact) mass is 210 g/mol. The van der Waals surface area contributed by atoms with Gasteiger partial charge in [-0.3, -0.25) is 0 Å². The molecule has 0 aliphatic heterocycles. The van der Waals surface area contributed by atoms with Crippen molar-refractivity contribution in [2.24, 2.45) is 0 Å². The van der Waals surface area contributed by atoms with E-state index in [0.717, 1.165) is 6.42 Å². The van der Waals surface area contributed by atoms with Crippen molar-refractivity contribution in [1.29, 1.82) is 0 Å². The van der Waals surface area contributed by atoms with Crippen molar-refractivity contribution in [1.82, 2.24) is 0 Å². The van der Waals surface area contributed by atoms with Crippen LogP contribution in [0.5, 0.6) is 5.75 Å². The molecule has 1 atom stereocenters. The fourth-order valence-corrected chi connectivity index (χ4v) is 1.20. The van der Waals surface area contributed by atoms with Gasteiger partial charge >= 0.3 is 0 Å². The molecule has 0 bridgehead atoms. The molecule has 0 saturated heterocycles. The maximum atomic E-state index is 13.3. The molecule has 1 rings (SSSR count). The smallest absolute Gasteiger partial charge is 0.132 e. The van der Waals surface area contributed by atoms with Gasteiger partial charge < -0.3 is 9.84 Å². The van der Waals surface area contributed by atoms with Crippen LogP contribution in [-0.4, -0.2) is 11.7 Å². The number of aliphatic hydroxyl groups excluding tert-OH is 1. The highest BCUT2D eigenvalue weighted by Gasteiger charge is 2.08. The molecule has 0 aromatic heterocycles. The van der Waals surface area contributed by atoms with Gasteiger partial charge in [0.2, 0.25) is 0 Å². The van der Waals surface area contributed by atoms with Crippen LogP contribution in [0.2, 0.25) is 0 Å². The second kappa shape index (κ2) is 5.51. The maximum absolute atomic E-state index is 13.3. The van der Waals surface area contributed by atoms with E-state index in [0.29, 0.717) is 12.4 Å². The zero-order valence-electron chi connectivity index (χ0n) is 8.74. The van der Waals surface area contributed by atoms with Crippen molar-refractivity contribution in [3.63, 3.8) is 0 Å². The number of halogens is 1. The summed E-state index contributed by atoms with van der Waals surface area (Å²) in [6.45, 7) is 5.57. The standard InChI is InChI=1S/C12H15FO2/c1-3-4-7-15-10-5-6-11(9(2)14)12(13)8-10/h3,5-6,8-9,14H,1,4,7H2,2H3. The van der Waals surface area contributed by atoms with Gasteiger partial charge in [-0.1, -0.05) is 6.08 Å². The van der Waals surface area contributed by atoms with Crippen molar-refractivity contribution in [3.05, 3.63) is 42.2 Å². The first-order valence-electron chi connectivity index (χ1n) is 4.86. The number of rotatable bonds is 5. The van der Waals surface area contributed by atoms with E-state index in [-0.39, 0.29) is 5.56 Å². The molecular formula is C12H15FO2. The molecule has 0 aliphatic carbocycles. The Hall–Kier alpha value is -1.35. The Bertz CT molecular complexity index is 334. The molecule has 2 nitrogen and oxygen atoms in total. The normalized spacial score (nSPS) is 12.2. The average Bonchev–Trinajstić information content (AvgIpc) is 2.17. The van der Waals surface area contributed by atoms with E-state index in [1.165, 1.54) is 19.1 Å². The van der Waals surface area contributed by atoms with Gasteiger partial charge in [-0.2, -0.15) is 0 Å². The maximum Gasteiger partial charge on any atom is 0.132 e. The van der Waals surface area contributed by atoms with Crippen LogP contribution >= 0.6 is 0 Å². The van der Waals surface area contributed by atoms with Crippen molar-refractivity contribution >= 4 is 0 Å². The lowest BCUT2D eigenvalue weighted by atomic mass is 10.1. The molecule has 1 aromatic carbocycles. The minimum Gasteiger partial charge on any atom is -0.493 e. The molecule has 0 spiro atoms. The zero-order chi connectivity index (χ0) is 11.3. The molecule has 0 radical (unpaired) electrons. The summed E-state index contributed by atoms with van der Waals surface area (Å²) in [6.07, 6.45) is 1.66. The Balaban J connectivity index is 2.69. The van der Waals surface area contributed by atoms with E-state index < -0.39 is 11.9 Å². The first-order chi connectivity index (χ1) is 7.15. The number of benzene rings is 1. The summed E-state index contributed by atoms with van der Waals surface area (Å²) in [6, 6.07) is 4.46. The van der Waals surface area contributed by atoms with Crippen LogP contribution in [0.3, 0.4) is 0 Å². The van der Waals surface area contributed by atoms with Crippen LogP contribution in [0.4, 0.5) is 4.39 Å². The molecule has 1 aromatic rings. The summed E-state index contributed by atoms with van der Waals surface area (Å²) in [5, 5.41) is 9.22. The largest absolute Gasteiger partial charge is 0.493 e. The van der Waals surface area contributed by atoms with E-state index in [1.54, 1.807) is 12.1 Å². The quantitative estimate of drug-likeness (QED) is 0.598. The van der Waals surface area contributed by atoms with Gasteiger partial charge in [0, 0.05) is 11.6 Å². The number of aliphatic hydroxyl groups is 1. The second-order valence-electron chi connectivity index (χ2n) is 3.29. The third-order valence-electron chi connectivity index (χ3n) is 2.01. The fourth-order valence-electron chi connectivity index (χ4n) is 1.20. The van der Waals surface area contributed by atoms with Crippen LogP contribution in [0.25, 0.3) is 0 Å². The van der Waals surface area contributed by atoms with Gasteiger partial charge in [0.15, 0.2) is 0 Å². The fraction of sp³-hybridized carbons (Fsp3) is 0.333. The van der Waals surface area contributed by atoms with Crippen molar-refractivity contribution in [2.75, 3.05) is 6.61 Å². The Morgan fingerprint density at radius 2 is 2.33 bits per heavy atom. The Kier molecular flexibility index (Phi) is 4.31. The van der Waals surface area contributed by atoms with Crippen molar-refractivity contribution in [2.45, 2.75) is 19.4 Å². The van der Waals surface area contributed by atoms with E-state index in [1.807, 2.05) is 0 Å². The predicted octanol–water partition coefficient (Wildman–Crippen LogP) is 2.83. The number of hydrogen-bond donors (Lipinski definition) is 1. The van der Waals surface area contributed by atoms with Crippen LogP contribution in [0.15, 0.2) is 30.9 Å². The molecule has 0 aliphatic rings. The highest BCUT2D eigenvalue weighted by molar-refractivity contribution is 5.29. The minimum absolute atomic E-state index is 0.283. The van der Waals surface area contributed by atoms with Gasteiger partial charge in [0.05, 0.1) is 12.7 Å². The SMILES string of the molecule is C=CCCOc1ccc(C(C)O)c(F)c1. The van der Waals surface area contributed by atoms with Gasteiger partial charge in [-0.05, 0) is 25.5 Å². The van der Waals surface area contributed by atoms with Crippen LogP contribution in [0, 0.1) is 5.82 Å². The molecule has 82 valence electrons. The lowest BCUT2D eigenvalue weighted by molar-refractivity contribution is 0.194. The Morgan fingerprint density at radius 3 is 2.87 bits per heavy atom. The Labute approximate surface area is 89.0 Å². The average molecular weight is 210 g/mol. The minimum atomic E-state index is -0.799. The molecule has 3 heteroatoms. The van der Waals surface area contributed by atoms with Gasteiger partial charge in [-0.15, -0.1) is 6.58 Å². The molecular weight excluding hydrogens is 195 g/mol. The second-order valence-corrected chi connectivity index (χ2v) is 3.29. The molecule has 1 unspecified atom stereocenters. The van der Waals surface area contributed by atoms with Gasteiger partial charge in [0.25, 0.3) is 0 Å². The Morgan fingerprint density at radius 1 is 1.60 bits per heavy atom. The third kappa shape index (κ3) is 3.36. The number of hydrogen-bond acceptors (Lipinski definition) is 2. The molecule has 0 fully saturated rings. The van der Waals surface area contributed by atoms with E-state index in [9.17, 15) is 9.50 Å². The first-order valence-corrected chi connectivity index (χ1v) is 4.86. The summed E-state index contributed by atoms with van der Waals surface area (Å²) >= 11 is 0. The van der Waals surface area contributed by atoms with Gasteiger partial charge in [-0.25, -0.2) is 4.39 Å². The molecule has 0 heterocycles. The number of ether oxygens (including phenoxy) is 1. The topological polar surface area (TPSA) is 29.5 Å². The lowest BCUT2D eigenvalue weighted by Gasteiger charge is -2.09. The van der Waals surface area contributed by atoms with E-state index >= 15 is 0 Å². The molecule has 1 N–H and O–H groups in total. The lowest BCUT2D eigenvalue weighted by Crippen LogP contribution is -1.99. The first kappa shape index (κ1) is 11.7. The zero-order valence-corrected chi connectivity index (χ0v) is 8.74. The summed E-state index contributed by atoms with van der Waals surface area (Å²) in [4.78, 5) is 0. The molecule has 0 amide bonds. The van der Waals surface area contributed by atoms with Crippen LogP contribution in [0.1, 0.15) is 25.0 Å². The van der Waals surface area contributed by atoms with Crippen LogP contribution in [-0.2, 0) is 0 Å². The highest BCUT2D eigenvalue weighted by atomic mass is 19.1. The third-order valence-corrected chi connectivity index (χ3v) is 2.01. The van der Waals surface area contributed by atoms with E-state index in [2.05, 4.69) is 6.58 Å².